The summed E-state index contributed by atoms with van der Waals surface area (Å²) < 4.78 is 7.78. The van der Waals surface area contributed by atoms with Gasteiger partial charge in [0.05, 0.1) is 11.2 Å². The lowest BCUT2D eigenvalue weighted by Crippen LogP contribution is -2.56. The monoisotopic (exact) mass is 518 g/mol. The molecular formula is C30H54N4O3. The number of hydrogen-bond donors (Lipinski definition) is 4. The van der Waals surface area contributed by atoms with Gasteiger partial charge < -0.3 is 4.74 Å². The lowest BCUT2D eigenvalue weighted by molar-refractivity contribution is -0.241. The Labute approximate surface area is 224 Å². The molecule has 0 aliphatic heterocycles. The Kier molecular flexibility index (Phi) is 10.7. The van der Waals surface area contributed by atoms with Crippen molar-refractivity contribution in [3.05, 3.63) is 0 Å². The largest absolute Gasteiger partial charge is 0.368 e. The Bertz CT molecular complexity index is 656. The van der Waals surface area contributed by atoms with Gasteiger partial charge in [-0.15, -0.1) is 0 Å². The first kappa shape index (κ1) is 28.8. The Morgan fingerprint density at radius 1 is 0.595 bits per heavy atom. The first-order chi connectivity index (χ1) is 18.0. The van der Waals surface area contributed by atoms with Crippen molar-refractivity contribution in [2.24, 2.45) is 35.4 Å². The maximum Gasteiger partial charge on any atom is 0.233 e. The fourth-order valence-corrected chi connectivity index (χ4v) is 8.57. The second-order valence-corrected chi connectivity index (χ2v) is 13.0. The number of hydrogen-bond acceptors (Lipinski definition) is 5. The van der Waals surface area contributed by atoms with Gasteiger partial charge in [-0.1, -0.05) is 38.5 Å². The lowest BCUT2D eigenvalue weighted by atomic mass is 9.63. The average Bonchev–Trinajstić information content (AvgIpc) is 2.97. The van der Waals surface area contributed by atoms with Crippen LogP contribution in [0.3, 0.4) is 0 Å². The smallest absolute Gasteiger partial charge is 0.233 e. The van der Waals surface area contributed by atoms with Crippen molar-refractivity contribution >= 4 is 11.8 Å². The summed E-state index contributed by atoms with van der Waals surface area (Å²) >= 11 is 0. The van der Waals surface area contributed by atoms with Crippen molar-refractivity contribution in [2.45, 2.75) is 152 Å². The fourth-order valence-electron chi connectivity index (χ4n) is 8.57. The number of nitrogens with one attached hydrogen (secondary N) is 2. The maximum atomic E-state index is 11.7. The van der Waals surface area contributed by atoms with Crippen LogP contribution >= 0.6 is 0 Å². The molecule has 212 valence electrons. The van der Waals surface area contributed by atoms with Crippen LogP contribution in [0.5, 0.6) is 0 Å². The second-order valence-electron chi connectivity index (χ2n) is 13.0. The van der Waals surface area contributed by atoms with Crippen molar-refractivity contribution in [1.82, 2.24) is 10.9 Å². The molecule has 6 N–H and O–H groups in total. The molecule has 7 heteroatoms. The second kappa shape index (κ2) is 13.7. The fraction of sp³-hybridized carbons (Fsp3) is 0.933. The van der Waals surface area contributed by atoms with Crippen molar-refractivity contribution in [1.29, 1.82) is 0 Å². The molecule has 0 aromatic carbocycles. The van der Waals surface area contributed by atoms with E-state index in [1.165, 1.54) is 89.9 Å². The van der Waals surface area contributed by atoms with E-state index in [9.17, 15) is 9.59 Å². The Morgan fingerprint density at radius 2 is 0.946 bits per heavy atom. The standard InChI is InChI=1S/C30H54N4O3/c31-33-27(35)13-11-23-15-19-29(20-16-23,25-7-3-1-4-8-25)37-30(26-9-5-2-6-10-26)21-17-24(18-22-30)12-14-28(36)34-32/h23-26H,1-22,31-32H2,(H,33,35)(H,34,36). The number of carbonyl (C=O) groups excluding carboxylic acids is 2. The third kappa shape index (κ3) is 7.48. The molecule has 37 heavy (non-hydrogen) atoms. The molecule has 4 rings (SSSR count). The van der Waals surface area contributed by atoms with E-state index in [-0.39, 0.29) is 23.0 Å². The Morgan fingerprint density at radius 3 is 1.27 bits per heavy atom. The highest BCUT2D eigenvalue weighted by Gasteiger charge is 2.52. The number of rotatable bonds is 10. The third-order valence-electron chi connectivity index (χ3n) is 10.9. The van der Waals surface area contributed by atoms with Gasteiger partial charge >= 0.3 is 0 Å². The number of hydrazine groups is 2. The van der Waals surface area contributed by atoms with E-state index in [4.69, 9.17) is 16.4 Å². The number of amides is 2. The maximum absolute atomic E-state index is 11.7. The highest BCUT2D eigenvalue weighted by atomic mass is 16.5. The molecule has 0 aromatic heterocycles. The molecule has 0 unspecified atom stereocenters. The van der Waals surface area contributed by atoms with Gasteiger partial charge in [0.15, 0.2) is 0 Å². The highest BCUT2D eigenvalue weighted by molar-refractivity contribution is 5.75. The average molecular weight is 519 g/mol. The van der Waals surface area contributed by atoms with Gasteiger partial charge in [-0.05, 0) is 114 Å². The van der Waals surface area contributed by atoms with E-state index >= 15 is 0 Å². The zero-order chi connectivity index (χ0) is 26.1. The van der Waals surface area contributed by atoms with E-state index < -0.39 is 0 Å². The molecule has 0 aromatic rings. The lowest BCUT2D eigenvalue weighted by Gasteiger charge is -2.56. The summed E-state index contributed by atoms with van der Waals surface area (Å²) in [5, 5.41) is 0. The third-order valence-corrected chi connectivity index (χ3v) is 10.9. The van der Waals surface area contributed by atoms with Crippen LogP contribution in [-0.2, 0) is 14.3 Å². The molecule has 7 nitrogen and oxygen atoms in total. The minimum Gasteiger partial charge on any atom is -0.368 e. The van der Waals surface area contributed by atoms with Crippen LogP contribution in [0.4, 0.5) is 0 Å². The van der Waals surface area contributed by atoms with Gasteiger partial charge in [0.2, 0.25) is 11.8 Å². The minimum absolute atomic E-state index is 0.0107. The van der Waals surface area contributed by atoms with Crippen molar-refractivity contribution < 1.29 is 14.3 Å². The molecule has 0 saturated heterocycles. The van der Waals surface area contributed by atoms with Gasteiger partial charge in [-0.2, -0.15) is 0 Å². The van der Waals surface area contributed by atoms with E-state index in [1.54, 1.807) is 0 Å². The topological polar surface area (TPSA) is 119 Å². The summed E-state index contributed by atoms with van der Waals surface area (Å²) in [5.41, 5.74) is 4.62. The van der Waals surface area contributed by atoms with E-state index in [0.29, 0.717) is 36.5 Å². The van der Waals surface area contributed by atoms with Crippen LogP contribution in [0.25, 0.3) is 0 Å². The summed E-state index contributed by atoms with van der Waals surface area (Å²) in [6.07, 6.45) is 25.6. The Balaban J connectivity index is 1.48. The van der Waals surface area contributed by atoms with Gasteiger partial charge in [0.1, 0.15) is 0 Å². The van der Waals surface area contributed by atoms with E-state index in [2.05, 4.69) is 10.9 Å². The van der Waals surface area contributed by atoms with E-state index in [1.807, 2.05) is 0 Å². The first-order valence-corrected chi connectivity index (χ1v) is 15.7. The predicted molar refractivity (Wildman–Crippen MR) is 147 cm³/mol. The first-order valence-electron chi connectivity index (χ1n) is 15.7. The van der Waals surface area contributed by atoms with Gasteiger partial charge in [0.25, 0.3) is 0 Å². The number of ether oxygens (including phenoxy) is 1. The number of carbonyl (C=O) groups is 2. The zero-order valence-corrected chi connectivity index (χ0v) is 23.2. The molecule has 0 bridgehead atoms. The highest BCUT2D eigenvalue weighted by Crippen LogP contribution is 2.54. The number of nitrogens with two attached hydrogens (primary N) is 2. The van der Waals surface area contributed by atoms with Crippen LogP contribution in [0, 0.1) is 23.7 Å². The van der Waals surface area contributed by atoms with Crippen molar-refractivity contribution in [2.75, 3.05) is 0 Å². The molecule has 4 aliphatic rings. The zero-order valence-electron chi connectivity index (χ0n) is 23.2. The molecule has 0 radical (unpaired) electrons. The van der Waals surface area contributed by atoms with Crippen LogP contribution in [0.1, 0.15) is 141 Å². The molecule has 4 fully saturated rings. The molecule has 4 aliphatic carbocycles. The SMILES string of the molecule is NNC(=O)CCC1CCC(OC2(C3CCCCC3)CCC(CCC(=O)NN)CC2)(C2CCCCC2)CC1. The van der Waals surface area contributed by atoms with Crippen molar-refractivity contribution in [3.63, 3.8) is 0 Å². The van der Waals surface area contributed by atoms with Crippen LogP contribution in [0.15, 0.2) is 0 Å². The quantitative estimate of drug-likeness (QED) is 0.171. The molecule has 2 amide bonds. The summed E-state index contributed by atoms with van der Waals surface area (Å²) in [6, 6.07) is 0. The van der Waals surface area contributed by atoms with Crippen LogP contribution in [0.2, 0.25) is 0 Å². The minimum atomic E-state index is -0.0441. The molecule has 0 spiro atoms. The summed E-state index contributed by atoms with van der Waals surface area (Å²) in [6.45, 7) is 0. The van der Waals surface area contributed by atoms with Gasteiger partial charge in [-0.25, -0.2) is 11.7 Å². The van der Waals surface area contributed by atoms with Crippen LogP contribution in [-0.4, -0.2) is 23.0 Å². The molecule has 4 saturated carbocycles. The molecule has 0 atom stereocenters. The molecule has 0 heterocycles. The van der Waals surface area contributed by atoms with Gasteiger partial charge in [0, 0.05) is 12.8 Å². The predicted octanol–water partition coefficient (Wildman–Crippen LogP) is 5.56. The van der Waals surface area contributed by atoms with Gasteiger partial charge in [-0.3, -0.25) is 20.4 Å². The summed E-state index contributed by atoms with van der Waals surface area (Å²) in [5.74, 6) is 13.1. The summed E-state index contributed by atoms with van der Waals surface area (Å²) in [7, 11) is 0. The normalized spacial score (nSPS) is 34.1. The Hall–Kier alpha value is -1.18. The van der Waals surface area contributed by atoms with Crippen molar-refractivity contribution in [3.8, 4) is 0 Å². The van der Waals surface area contributed by atoms with E-state index in [0.717, 1.165) is 38.5 Å². The summed E-state index contributed by atoms with van der Waals surface area (Å²) in [4.78, 5) is 23.5. The molecular weight excluding hydrogens is 464 g/mol. The van der Waals surface area contributed by atoms with Crippen LogP contribution < -0.4 is 22.5 Å².